The minimum absolute atomic E-state index is 0.472. The van der Waals surface area contributed by atoms with Crippen LogP contribution in [0.5, 0.6) is 0 Å². The van der Waals surface area contributed by atoms with Crippen LogP contribution in [-0.2, 0) is 13.1 Å². The lowest BCUT2D eigenvalue weighted by Gasteiger charge is -2.10. The average Bonchev–Trinajstić information content (AvgIpc) is 3.01. The van der Waals surface area contributed by atoms with Crippen LogP contribution in [0.3, 0.4) is 0 Å². The third-order valence-corrected chi connectivity index (χ3v) is 4.64. The maximum absolute atomic E-state index is 4.64. The van der Waals surface area contributed by atoms with Crippen LogP contribution >= 0.6 is 27.3 Å². The Hall–Kier alpha value is -1.40. The molecule has 124 valence electrons. The molecule has 0 bridgehead atoms. The first-order valence-electron chi connectivity index (χ1n) is 7.79. The second kappa shape index (κ2) is 9.03. The standard InChI is InChI=1S/C17H23BrN4S/c1-4-19-17(20-9-13-5-7-14(18)8-6-13)21-10-16-22-15(11-23-16)12(2)3/h5-8,11-12H,4,9-10H2,1-3H3,(H2,19,20,21). The number of thiazole rings is 1. The van der Waals surface area contributed by atoms with E-state index in [4.69, 9.17) is 0 Å². The summed E-state index contributed by atoms with van der Waals surface area (Å²) in [4.78, 5) is 9.26. The number of nitrogens with one attached hydrogen (secondary N) is 2. The van der Waals surface area contributed by atoms with Gasteiger partial charge in [-0.05, 0) is 30.5 Å². The molecule has 0 aliphatic carbocycles. The number of rotatable bonds is 6. The summed E-state index contributed by atoms with van der Waals surface area (Å²) in [5.74, 6) is 1.29. The Morgan fingerprint density at radius 2 is 2.00 bits per heavy atom. The Bertz CT molecular complexity index is 634. The zero-order valence-corrected chi connectivity index (χ0v) is 16.2. The van der Waals surface area contributed by atoms with E-state index in [0.29, 0.717) is 19.0 Å². The predicted octanol–water partition coefficient (Wildman–Crippen LogP) is 4.28. The van der Waals surface area contributed by atoms with E-state index in [1.807, 2.05) is 12.1 Å². The molecule has 0 aliphatic heterocycles. The van der Waals surface area contributed by atoms with Gasteiger partial charge in [-0.3, -0.25) is 0 Å². The van der Waals surface area contributed by atoms with E-state index in [9.17, 15) is 0 Å². The molecule has 0 spiro atoms. The van der Waals surface area contributed by atoms with E-state index in [1.54, 1.807) is 11.3 Å². The van der Waals surface area contributed by atoms with Crippen LogP contribution < -0.4 is 10.6 Å². The van der Waals surface area contributed by atoms with Crippen molar-refractivity contribution in [3.63, 3.8) is 0 Å². The van der Waals surface area contributed by atoms with Crippen molar-refractivity contribution in [3.05, 3.63) is 50.4 Å². The summed E-state index contributed by atoms with van der Waals surface area (Å²) in [5, 5.41) is 9.84. The Balaban J connectivity index is 1.94. The summed E-state index contributed by atoms with van der Waals surface area (Å²) >= 11 is 5.14. The van der Waals surface area contributed by atoms with Gasteiger partial charge in [-0.25, -0.2) is 9.98 Å². The summed E-state index contributed by atoms with van der Waals surface area (Å²) in [6, 6.07) is 8.22. The fourth-order valence-corrected chi connectivity index (χ4v) is 3.09. The van der Waals surface area contributed by atoms with E-state index < -0.39 is 0 Å². The van der Waals surface area contributed by atoms with Crippen molar-refractivity contribution < 1.29 is 0 Å². The highest BCUT2D eigenvalue weighted by Crippen LogP contribution is 2.17. The molecule has 0 saturated carbocycles. The highest BCUT2D eigenvalue weighted by molar-refractivity contribution is 9.10. The van der Waals surface area contributed by atoms with Gasteiger partial charge in [0.2, 0.25) is 0 Å². The monoisotopic (exact) mass is 394 g/mol. The van der Waals surface area contributed by atoms with Crippen molar-refractivity contribution >= 4 is 33.2 Å². The number of aromatic nitrogens is 1. The number of hydrogen-bond donors (Lipinski definition) is 2. The zero-order chi connectivity index (χ0) is 16.7. The summed E-state index contributed by atoms with van der Waals surface area (Å²) < 4.78 is 1.08. The van der Waals surface area contributed by atoms with E-state index in [2.05, 4.69) is 74.8 Å². The predicted molar refractivity (Wildman–Crippen MR) is 102 cm³/mol. The number of aliphatic imine (C=N–C) groups is 1. The molecular weight excluding hydrogens is 372 g/mol. The highest BCUT2D eigenvalue weighted by Gasteiger charge is 2.06. The summed E-state index contributed by atoms with van der Waals surface area (Å²) in [6.07, 6.45) is 0. The van der Waals surface area contributed by atoms with Crippen LogP contribution in [0.1, 0.15) is 43.0 Å². The Morgan fingerprint density at radius 1 is 1.26 bits per heavy atom. The lowest BCUT2D eigenvalue weighted by Crippen LogP contribution is -2.36. The quantitative estimate of drug-likeness (QED) is 0.567. The zero-order valence-electron chi connectivity index (χ0n) is 13.8. The molecule has 1 heterocycles. The first-order chi connectivity index (χ1) is 11.1. The number of benzene rings is 1. The molecule has 2 N–H and O–H groups in total. The maximum atomic E-state index is 4.64. The molecule has 0 fully saturated rings. The third kappa shape index (κ3) is 5.95. The van der Waals surface area contributed by atoms with Crippen LogP contribution in [0.2, 0.25) is 0 Å². The van der Waals surface area contributed by atoms with Gasteiger partial charge < -0.3 is 10.6 Å². The molecule has 6 heteroatoms. The van der Waals surface area contributed by atoms with E-state index in [1.165, 1.54) is 5.56 Å². The summed E-state index contributed by atoms with van der Waals surface area (Å²) in [6.45, 7) is 8.58. The number of hydrogen-bond acceptors (Lipinski definition) is 3. The fraction of sp³-hybridized carbons (Fsp3) is 0.412. The molecule has 23 heavy (non-hydrogen) atoms. The largest absolute Gasteiger partial charge is 0.357 e. The van der Waals surface area contributed by atoms with Gasteiger partial charge in [0.05, 0.1) is 18.8 Å². The normalized spacial score (nSPS) is 11.8. The lowest BCUT2D eigenvalue weighted by atomic mass is 10.2. The molecule has 2 rings (SSSR count). The molecule has 0 unspecified atom stereocenters. The Morgan fingerprint density at radius 3 is 2.61 bits per heavy atom. The van der Waals surface area contributed by atoms with Gasteiger partial charge in [-0.1, -0.05) is 41.9 Å². The van der Waals surface area contributed by atoms with Crippen molar-refractivity contribution in [1.82, 2.24) is 15.6 Å². The highest BCUT2D eigenvalue weighted by atomic mass is 79.9. The van der Waals surface area contributed by atoms with Crippen molar-refractivity contribution in [2.75, 3.05) is 6.54 Å². The third-order valence-electron chi connectivity index (χ3n) is 3.25. The van der Waals surface area contributed by atoms with E-state index in [0.717, 1.165) is 27.7 Å². The maximum Gasteiger partial charge on any atom is 0.191 e. The summed E-state index contributed by atoms with van der Waals surface area (Å²) in [7, 11) is 0. The number of halogens is 1. The molecule has 0 radical (unpaired) electrons. The minimum Gasteiger partial charge on any atom is -0.357 e. The SMILES string of the molecule is CCNC(=NCc1ccc(Br)cc1)NCc1nc(C(C)C)cs1. The molecule has 4 nitrogen and oxygen atoms in total. The molecule has 0 saturated heterocycles. The minimum atomic E-state index is 0.472. The molecule has 0 atom stereocenters. The van der Waals surface area contributed by atoms with Gasteiger partial charge in [0.15, 0.2) is 5.96 Å². The first-order valence-corrected chi connectivity index (χ1v) is 9.46. The summed E-state index contributed by atoms with van der Waals surface area (Å²) in [5.41, 5.74) is 2.34. The second-order valence-electron chi connectivity index (χ2n) is 5.50. The van der Waals surface area contributed by atoms with Crippen molar-refractivity contribution in [3.8, 4) is 0 Å². The molecule has 1 aromatic carbocycles. The molecule has 2 aromatic rings. The van der Waals surface area contributed by atoms with Crippen LogP contribution in [0.25, 0.3) is 0 Å². The van der Waals surface area contributed by atoms with Crippen molar-refractivity contribution in [1.29, 1.82) is 0 Å². The average molecular weight is 395 g/mol. The molecular formula is C17H23BrN4S. The van der Waals surface area contributed by atoms with Crippen molar-refractivity contribution in [2.45, 2.75) is 39.8 Å². The number of guanidine groups is 1. The fourth-order valence-electron chi connectivity index (χ4n) is 1.93. The topological polar surface area (TPSA) is 49.3 Å². The first kappa shape index (κ1) is 17.9. The molecule has 0 aliphatic rings. The van der Waals surface area contributed by atoms with Gasteiger partial charge in [0.25, 0.3) is 0 Å². The van der Waals surface area contributed by atoms with E-state index in [-0.39, 0.29) is 0 Å². The van der Waals surface area contributed by atoms with Crippen LogP contribution in [-0.4, -0.2) is 17.5 Å². The van der Waals surface area contributed by atoms with Crippen molar-refractivity contribution in [2.24, 2.45) is 4.99 Å². The van der Waals surface area contributed by atoms with Crippen LogP contribution in [0.4, 0.5) is 0 Å². The Labute approximate surface area is 150 Å². The smallest absolute Gasteiger partial charge is 0.191 e. The van der Waals surface area contributed by atoms with Crippen LogP contribution in [0, 0.1) is 0 Å². The van der Waals surface area contributed by atoms with Gasteiger partial charge >= 0.3 is 0 Å². The number of nitrogens with zero attached hydrogens (tertiary/aromatic N) is 2. The van der Waals surface area contributed by atoms with Gasteiger partial charge in [0, 0.05) is 16.4 Å². The van der Waals surface area contributed by atoms with E-state index >= 15 is 0 Å². The molecule has 1 aromatic heterocycles. The Kier molecular flexibility index (Phi) is 7.05. The second-order valence-corrected chi connectivity index (χ2v) is 7.35. The molecule has 0 amide bonds. The van der Waals surface area contributed by atoms with Gasteiger partial charge in [0.1, 0.15) is 5.01 Å². The van der Waals surface area contributed by atoms with Gasteiger partial charge in [-0.15, -0.1) is 11.3 Å². The van der Waals surface area contributed by atoms with Gasteiger partial charge in [-0.2, -0.15) is 0 Å². The van der Waals surface area contributed by atoms with Crippen LogP contribution in [0.15, 0.2) is 39.1 Å². The lowest BCUT2D eigenvalue weighted by molar-refractivity contribution is 0.788.